The zero-order valence-electron chi connectivity index (χ0n) is 15.6. The van der Waals surface area contributed by atoms with E-state index in [9.17, 15) is 20.0 Å². The number of para-hydroxylation sites is 2. The average Bonchev–Trinajstić information content (AvgIpc) is 2.83. The van der Waals surface area contributed by atoms with E-state index in [0.717, 1.165) is 11.3 Å². The highest BCUT2D eigenvalue weighted by Gasteiger charge is 2.59. The number of ether oxygens (including phenoxy) is 1. The number of nitro benzene ring substituents is 1. The van der Waals surface area contributed by atoms with Crippen LogP contribution in [-0.2, 0) is 10.2 Å². The average molecular weight is 380 g/mol. The molecule has 2 aromatic carbocycles. The molecule has 1 N–H and O–H groups in total. The third-order valence-corrected chi connectivity index (χ3v) is 5.68. The summed E-state index contributed by atoms with van der Waals surface area (Å²) in [5.74, 6) is -0.709. The maximum absolute atomic E-state index is 11.6. The van der Waals surface area contributed by atoms with Gasteiger partial charge in [0.15, 0.2) is 0 Å². The van der Waals surface area contributed by atoms with Gasteiger partial charge in [-0.2, -0.15) is 0 Å². The predicted octanol–water partition coefficient (Wildman–Crippen LogP) is 3.97. The summed E-state index contributed by atoms with van der Waals surface area (Å²) >= 11 is 0. The van der Waals surface area contributed by atoms with Gasteiger partial charge in [-0.25, -0.2) is 0 Å². The molecule has 2 heterocycles. The molecule has 1 spiro atoms. The second-order valence-corrected chi connectivity index (χ2v) is 7.52. The van der Waals surface area contributed by atoms with Gasteiger partial charge < -0.3 is 14.7 Å². The maximum Gasteiger partial charge on any atom is 0.311 e. The summed E-state index contributed by atoms with van der Waals surface area (Å²) in [6, 6.07) is 12.6. The molecule has 2 aliphatic heterocycles. The maximum atomic E-state index is 11.6. The van der Waals surface area contributed by atoms with E-state index in [1.165, 1.54) is 6.07 Å². The van der Waals surface area contributed by atoms with Crippen molar-refractivity contribution in [1.82, 2.24) is 0 Å². The van der Waals surface area contributed by atoms with Gasteiger partial charge in [-0.3, -0.25) is 14.9 Å². The van der Waals surface area contributed by atoms with Crippen LogP contribution in [0.2, 0.25) is 0 Å². The Morgan fingerprint density at radius 1 is 1.21 bits per heavy atom. The van der Waals surface area contributed by atoms with Crippen LogP contribution in [0.1, 0.15) is 31.4 Å². The SMILES string of the molecule is CC1(C)c2ccccc2N(CCC(=O)O)C12C=Cc1cccc([N+](=O)[O-])c1O2. The molecule has 144 valence electrons. The summed E-state index contributed by atoms with van der Waals surface area (Å²) < 4.78 is 6.42. The van der Waals surface area contributed by atoms with Crippen LogP contribution in [0.4, 0.5) is 11.4 Å². The molecule has 7 nitrogen and oxygen atoms in total. The van der Waals surface area contributed by atoms with Crippen LogP contribution >= 0.6 is 0 Å². The van der Waals surface area contributed by atoms with Gasteiger partial charge in [-0.05, 0) is 37.6 Å². The number of hydrogen-bond donors (Lipinski definition) is 1. The van der Waals surface area contributed by atoms with Gasteiger partial charge in [0.1, 0.15) is 0 Å². The number of carboxylic acid groups (broad SMARTS) is 1. The van der Waals surface area contributed by atoms with Gasteiger partial charge >= 0.3 is 11.7 Å². The number of benzene rings is 2. The number of anilines is 1. The summed E-state index contributed by atoms with van der Waals surface area (Å²) in [4.78, 5) is 24.3. The number of fused-ring (bicyclic) bond motifs is 2. The second kappa shape index (κ2) is 6.09. The molecule has 2 aliphatic rings. The van der Waals surface area contributed by atoms with Gasteiger partial charge in [-0.1, -0.05) is 30.3 Å². The fourth-order valence-electron chi connectivity index (χ4n) is 4.24. The Morgan fingerprint density at radius 2 is 1.96 bits per heavy atom. The Balaban J connectivity index is 1.90. The lowest BCUT2D eigenvalue weighted by Crippen LogP contribution is -2.60. The van der Waals surface area contributed by atoms with Crippen LogP contribution in [0.25, 0.3) is 6.08 Å². The number of nitro groups is 1. The third-order valence-electron chi connectivity index (χ3n) is 5.68. The Bertz CT molecular complexity index is 1010. The van der Waals surface area contributed by atoms with E-state index in [4.69, 9.17) is 4.74 Å². The normalized spacial score (nSPS) is 21.1. The highest BCUT2D eigenvalue weighted by Crippen LogP contribution is 2.55. The predicted molar refractivity (Wildman–Crippen MR) is 105 cm³/mol. The van der Waals surface area contributed by atoms with Gasteiger partial charge in [0.25, 0.3) is 0 Å². The molecule has 28 heavy (non-hydrogen) atoms. The number of carboxylic acids is 1. The van der Waals surface area contributed by atoms with Gasteiger partial charge in [0.05, 0.1) is 16.8 Å². The van der Waals surface area contributed by atoms with Crippen molar-refractivity contribution < 1.29 is 19.6 Å². The van der Waals surface area contributed by atoms with Crippen molar-refractivity contribution in [3.8, 4) is 5.75 Å². The molecular weight excluding hydrogens is 360 g/mol. The van der Waals surface area contributed by atoms with E-state index in [2.05, 4.69) is 0 Å². The number of hydrogen-bond acceptors (Lipinski definition) is 5. The molecule has 0 aliphatic carbocycles. The number of nitrogens with zero attached hydrogens (tertiary/aromatic N) is 2. The summed E-state index contributed by atoms with van der Waals surface area (Å²) in [5.41, 5.74) is 0.772. The quantitative estimate of drug-likeness (QED) is 0.637. The van der Waals surface area contributed by atoms with E-state index >= 15 is 0 Å². The smallest absolute Gasteiger partial charge is 0.311 e. The molecule has 2 aromatic rings. The first-order chi connectivity index (χ1) is 13.3. The number of carbonyl (C=O) groups is 1. The molecule has 0 amide bonds. The highest BCUT2D eigenvalue weighted by atomic mass is 16.6. The van der Waals surface area contributed by atoms with Crippen molar-refractivity contribution in [3.63, 3.8) is 0 Å². The monoisotopic (exact) mass is 380 g/mol. The van der Waals surface area contributed by atoms with Gasteiger partial charge in [-0.15, -0.1) is 0 Å². The largest absolute Gasteiger partial charge is 0.481 e. The lowest BCUT2D eigenvalue weighted by molar-refractivity contribution is -0.386. The Labute approximate surface area is 162 Å². The molecule has 0 aromatic heterocycles. The van der Waals surface area contributed by atoms with Crippen molar-refractivity contribution >= 4 is 23.4 Å². The first-order valence-electron chi connectivity index (χ1n) is 9.02. The molecule has 4 rings (SSSR count). The molecule has 0 fully saturated rings. The van der Waals surface area contributed by atoms with Crippen LogP contribution in [0.3, 0.4) is 0 Å². The van der Waals surface area contributed by atoms with E-state index in [1.54, 1.807) is 12.1 Å². The first kappa shape index (κ1) is 18.0. The molecule has 1 unspecified atom stereocenters. The Kier molecular flexibility index (Phi) is 3.92. The minimum Gasteiger partial charge on any atom is -0.481 e. The number of rotatable bonds is 4. The van der Waals surface area contributed by atoms with E-state index in [0.29, 0.717) is 5.56 Å². The van der Waals surface area contributed by atoms with Crippen LogP contribution in [0.15, 0.2) is 48.5 Å². The summed E-state index contributed by atoms with van der Waals surface area (Å²) in [6.45, 7) is 4.24. The molecule has 1 atom stereocenters. The fourth-order valence-corrected chi connectivity index (χ4v) is 4.24. The first-order valence-corrected chi connectivity index (χ1v) is 9.02. The second-order valence-electron chi connectivity index (χ2n) is 7.52. The molecular formula is C21H20N2O5. The topological polar surface area (TPSA) is 92.9 Å². The van der Waals surface area contributed by atoms with Crippen LogP contribution < -0.4 is 9.64 Å². The lowest BCUT2D eigenvalue weighted by Gasteiger charge is -2.46. The van der Waals surface area contributed by atoms with E-state index < -0.39 is 22.0 Å². The van der Waals surface area contributed by atoms with Gasteiger partial charge in [0, 0.05) is 23.9 Å². The molecule has 0 saturated carbocycles. The van der Waals surface area contributed by atoms with Crippen LogP contribution in [0, 0.1) is 10.1 Å². The molecule has 0 radical (unpaired) electrons. The molecule has 0 bridgehead atoms. The Hall–Kier alpha value is -3.35. The van der Waals surface area contributed by atoms with E-state index in [-0.39, 0.29) is 24.4 Å². The highest BCUT2D eigenvalue weighted by molar-refractivity contribution is 5.75. The minimum absolute atomic E-state index is 0.0763. The van der Waals surface area contributed by atoms with Crippen LogP contribution in [-0.4, -0.2) is 28.3 Å². The van der Waals surface area contributed by atoms with Crippen molar-refractivity contribution in [1.29, 1.82) is 0 Å². The van der Waals surface area contributed by atoms with Gasteiger partial charge in [0.2, 0.25) is 11.5 Å². The standard InChI is InChI=1S/C21H20N2O5/c1-20(2)15-7-3-4-8-16(15)22(13-11-18(24)25)21(20)12-10-14-6-5-9-17(23(26)27)19(14)28-21/h3-10,12H,11,13H2,1-2H3,(H,24,25). The zero-order chi connectivity index (χ0) is 20.1. The van der Waals surface area contributed by atoms with Crippen molar-refractivity contribution in [2.24, 2.45) is 0 Å². The Morgan fingerprint density at radius 3 is 2.68 bits per heavy atom. The minimum atomic E-state index is -1.06. The van der Waals surface area contributed by atoms with Crippen LogP contribution in [0.5, 0.6) is 5.75 Å². The lowest BCUT2D eigenvalue weighted by atomic mass is 9.76. The third kappa shape index (κ3) is 2.39. The van der Waals surface area contributed by atoms with Crippen molar-refractivity contribution in [2.45, 2.75) is 31.4 Å². The molecule has 0 saturated heterocycles. The molecule has 7 heteroatoms. The summed E-state index contributed by atoms with van der Waals surface area (Å²) in [7, 11) is 0. The zero-order valence-corrected chi connectivity index (χ0v) is 15.6. The van der Waals surface area contributed by atoms with Crippen molar-refractivity contribution in [2.75, 3.05) is 11.4 Å². The fraction of sp³-hybridized carbons (Fsp3) is 0.286. The summed E-state index contributed by atoms with van der Waals surface area (Å²) in [6.07, 6.45) is 3.64. The summed E-state index contributed by atoms with van der Waals surface area (Å²) in [5, 5.41) is 20.8. The van der Waals surface area contributed by atoms with Crippen molar-refractivity contribution in [3.05, 3.63) is 69.8 Å². The number of aliphatic carboxylic acids is 1. The van der Waals surface area contributed by atoms with E-state index in [1.807, 2.05) is 55.2 Å².